The molecule has 0 atom stereocenters. The number of carbonyl (C=O) groups is 1. The lowest BCUT2D eigenvalue weighted by Gasteiger charge is -2.13. The molecule has 0 aliphatic heterocycles. The molecule has 4 nitrogen and oxygen atoms in total. The van der Waals surface area contributed by atoms with Gasteiger partial charge in [0.25, 0.3) is 5.91 Å². The molecule has 0 aromatic heterocycles. The van der Waals surface area contributed by atoms with Gasteiger partial charge in [-0.3, -0.25) is 4.79 Å². The molecule has 0 unspecified atom stereocenters. The van der Waals surface area contributed by atoms with Gasteiger partial charge in [-0.25, -0.2) is 0 Å². The quantitative estimate of drug-likeness (QED) is 0.218. The zero-order valence-electron chi connectivity index (χ0n) is 18.9. The van der Waals surface area contributed by atoms with Crippen molar-refractivity contribution in [1.82, 2.24) is 0 Å². The Morgan fingerprint density at radius 2 is 1.79 bits per heavy atom. The molecule has 1 N–H and O–H groups in total. The average molecular weight is 511 g/mol. The van der Waals surface area contributed by atoms with Crippen molar-refractivity contribution in [3.05, 3.63) is 111 Å². The lowest BCUT2D eigenvalue weighted by atomic mass is 10.1. The largest absolute Gasteiger partial charge is 0.488 e. The summed E-state index contributed by atoms with van der Waals surface area (Å²) < 4.78 is 6.98. The topological polar surface area (TPSA) is 62.1 Å². The fourth-order valence-corrected chi connectivity index (χ4v) is 4.10. The van der Waals surface area contributed by atoms with Crippen LogP contribution in [0.3, 0.4) is 0 Å². The summed E-state index contributed by atoms with van der Waals surface area (Å²) in [6.45, 7) is 4.28. The number of nitrogens with one attached hydrogen (secondary N) is 1. The second-order valence-electron chi connectivity index (χ2n) is 7.98. The molecule has 5 heteroatoms. The fourth-order valence-electron chi connectivity index (χ4n) is 3.72. The second kappa shape index (κ2) is 10.4. The van der Waals surface area contributed by atoms with E-state index in [1.165, 1.54) is 0 Å². The molecule has 0 aliphatic rings. The van der Waals surface area contributed by atoms with Crippen LogP contribution in [0.5, 0.6) is 5.75 Å². The van der Waals surface area contributed by atoms with Crippen LogP contribution in [0.15, 0.2) is 88.9 Å². The molecule has 0 spiro atoms. The Morgan fingerprint density at radius 1 is 1.03 bits per heavy atom. The van der Waals surface area contributed by atoms with Crippen molar-refractivity contribution in [1.29, 1.82) is 5.26 Å². The summed E-state index contributed by atoms with van der Waals surface area (Å²) in [4.78, 5) is 12.9. The van der Waals surface area contributed by atoms with Gasteiger partial charge in [-0.2, -0.15) is 5.26 Å². The lowest BCUT2D eigenvalue weighted by Crippen LogP contribution is -2.14. The number of nitriles is 1. The van der Waals surface area contributed by atoms with E-state index >= 15 is 0 Å². The fraction of sp³-hybridized carbons (Fsp3) is 0.103. The third kappa shape index (κ3) is 5.19. The van der Waals surface area contributed by atoms with Gasteiger partial charge in [0.05, 0.1) is 0 Å². The minimum absolute atomic E-state index is 0.00554. The highest BCUT2D eigenvalue weighted by atomic mass is 79.9. The Morgan fingerprint density at radius 3 is 2.62 bits per heavy atom. The number of fused-ring (bicyclic) bond motifs is 1. The Balaban J connectivity index is 1.61. The zero-order chi connectivity index (χ0) is 24.1. The average Bonchev–Trinajstić information content (AvgIpc) is 2.84. The normalized spacial score (nSPS) is 11.2. The molecule has 0 fully saturated rings. The van der Waals surface area contributed by atoms with Crippen LogP contribution in [0, 0.1) is 25.2 Å². The standard InChI is InChI=1S/C29H23BrN2O2/c1-19-7-5-12-27(20(19)2)32-29(33)24(17-31)15-23-16-25(30)13-14-28(23)34-18-22-10-6-9-21-8-3-4-11-26(21)22/h3-16H,18H2,1-2H3,(H,32,33)/b24-15+. The van der Waals surface area contributed by atoms with Crippen molar-refractivity contribution < 1.29 is 9.53 Å². The van der Waals surface area contributed by atoms with Crippen LogP contribution in [-0.4, -0.2) is 5.91 Å². The maximum absolute atomic E-state index is 12.9. The van der Waals surface area contributed by atoms with Crippen molar-refractivity contribution in [2.45, 2.75) is 20.5 Å². The smallest absolute Gasteiger partial charge is 0.266 e. The van der Waals surface area contributed by atoms with E-state index in [9.17, 15) is 10.1 Å². The van der Waals surface area contributed by atoms with Gasteiger partial charge in [0, 0.05) is 15.7 Å². The van der Waals surface area contributed by atoms with Gasteiger partial charge in [0.15, 0.2) is 0 Å². The van der Waals surface area contributed by atoms with Crippen LogP contribution in [0.2, 0.25) is 0 Å². The number of anilines is 1. The number of halogens is 1. The maximum Gasteiger partial charge on any atom is 0.266 e. The number of aryl methyl sites for hydroxylation is 1. The summed E-state index contributed by atoms with van der Waals surface area (Å²) in [7, 11) is 0. The molecular weight excluding hydrogens is 488 g/mol. The third-order valence-electron chi connectivity index (χ3n) is 5.75. The summed E-state index contributed by atoms with van der Waals surface area (Å²) >= 11 is 3.48. The van der Waals surface area contributed by atoms with E-state index in [4.69, 9.17) is 4.74 Å². The molecule has 0 saturated heterocycles. The van der Waals surface area contributed by atoms with Crippen molar-refractivity contribution in [2.24, 2.45) is 0 Å². The molecule has 4 aromatic carbocycles. The number of hydrogen-bond acceptors (Lipinski definition) is 3. The van der Waals surface area contributed by atoms with Gasteiger partial charge >= 0.3 is 0 Å². The summed E-state index contributed by atoms with van der Waals surface area (Å²) in [5.41, 5.74) is 4.42. The molecule has 34 heavy (non-hydrogen) atoms. The van der Waals surface area contributed by atoms with Gasteiger partial charge < -0.3 is 10.1 Å². The number of hydrogen-bond donors (Lipinski definition) is 1. The van der Waals surface area contributed by atoms with Crippen molar-refractivity contribution in [3.63, 3.8) is 0 Å². The van der Waals surface area contributed by atoms with Gasteiger partial charge in [-0.1, -0.05) is 70.5 Å². The van der Waals surface area contributed by atoms with Gasteiger partial charge in [-0.15, -0.1) is 0 Å². The summed E-state index contributed by atoms with van der Waals surface area (Å²) in [5.74, 6) is 0.125. The van der Waals surface area contributed by atoms with E-state index in [0.717, 1.165) is 31.9 Å². The van der Waals surface area contributed by atoms with E-state index in [-0.39, 0.29) is 5.57 Å². The minimum atomic E-state index is -0.462. The first-order valence-corrected chi connectivity index (χ1v) is 11.6. The number of benzene rings is 4. The van der Waals surface area contributed by atoms with Crippen molar-refractivity contribution >= 4 is 44.4 Å². The number of amides is 1. The SMILES string of the molecule is Cc1cccc(NC(=O)/C(C#N)=C/c2cc(Br)ccc2OCc2cccc3ccccc23)c1C. The van der Waals surface area contributed by atoms with E-state index < -0.39 is 5.91 Å². The highest BCUT2D eigenvalue weighted by Gasteiger charge is 2.14. The monoisotopic (exact) mass is 510 g/mol. The van der Waals surface area contributed by atoms with E-state index in [1.807, 2.05) is 80.6 Å². The molecule has 0 bridgehead atoms. The van der Waals surface area contributed by atoms with Crippen molar-refractivity contribution in [2.75, 3.05) is 5.32 Å². The molecule has 0 saturated carbocycles. The number of ether oxygens (including phenoxy) is 1. The molecule has 4 rings (SSSR count). The number of rotatable bonds is 6. The van der Waals surface area contributed by atoms with Crippen LogP contribution in [-0.2, 0) is 11.4 Å². The predicted octanol–water partition coefficient (Wildman–Crippen LogP) is 7.34. The Hall–Kier alpha value is -3.88. The molecule has 168 valence electrons. The number of nitrogens with zero attached hydrogens (tertiary/aromatic N) is 1. The minimum Gasteiger partial charge on any atom is -0.488 e. The van der Waals surface area contributed by atoms with E-state index in [0.29, 0.717) is 23.6 Å². The predicted molar refractivity (Wildman–Crippen MR) is 141 cm³/mol. The highest BCUT2D eigenvalue weighted by Crippen LogP contribution is 2.28. The zero-order valence-corrected chi connectivity index (χ0v) is 20.5. The van der Waals surface area contributed by atoms with Crippen LogP contribution in [0.1, 0.15) is 22.3 Å². The first-order chi connectivity index (χ1) is 16.5. The highest BCUT2D eigenvalue weighted by molar-refractivity contribution is 9.10. The first kappa shape index (κ1) is 23.3. The first-order valence-electron chi connectivity index (χ1n) is 10.8. The van der Waals surface area contributed by atoms with E-state index in [1.54, 1.807) is 6.08 Å². The summed E-state index contributed by atoms with van der Waals surface area (Å²) in [5, 5.41) is 14.8. The molecule has 0 radical (unpaired) electrons. The molecule has 1 amide bonds. The Kier molecular flexibility index (Phi) is 7.10. The molecule has 0 aliphatic carbocycles. The summed E-state index contributed by atoms with van der Waals surface area (Å²) in [6.07, 6.45) is 1.56. The molecule has 0 heterocycles. The molecule has 4 aromatic rings. The van der Waals surface area contributed by atoms with Gasteiger partial charge in [0.1, 0.15) is 24.0 Å². The van der Waals surface area contributed by atoms with Crippen LogP contribution < -0.4 is 10.1 Å². The van der Waals surface area contributed by atoms with Crippen LogP contribution in [0.25, 0.3) is 16.8 Å². The van der Waals surface area contributed by atoms with Crippen LogP contribution >= 0.6 is 15.9 Å². The van der Waals surface area contributed by atoms with E-state index in [2.05, 4.69) is 39.4 Å². The Bertz CT molecular complexity index is 1450. The maximum atomic E-state index is 12.9. The summed E-state index contributed by atoms with van der Waals surface area (Å²) in [6, 6.07) is 27.5. The van der Waals surface area contributed by atoms with Crippen molar-refractivity contribution in [3.8, 4) is 11.8 Å². The Labute approximate surface area is 207 Å². The number of carbonyl (C=O) groups excluding carboxylic acids is 1. The second-order valence-corrected chi connectivity index (χ2v) is 8.90. The third-order valence-corrected chi connectivity index (χ3v) is 6.25. The van der Waals surface area contributed by atoms with Gasteiger partial charge in [-0.05, 0) is 71.7 Å². The molecular formula is C29H23BrN2O2. The van der Waals surface area contributed by atoms with Crippen LogP contribution in [0.4, 0.5) is 5.69 Å². The van der Waals surface area contributed by atoms with Gasteiger partial charge in [0.2, 0.25) is 0 Å². The lowest BCUT2D eigenvalue weighted by molar-refractivity contribution is -0.112.